The molecule has 0 saturated carbocycles. The Hall–Kier alpha value is -1.81. The quantitative estimate of drug-likeness (QED) is 0.665. The molecule has 0 spiro atoms. The fraction of sp³-hybridized carbons (Fsp3) is 0.524. The van der Waals surface area contributed by atoms with Crippen LogP contribution < -0.4 is 4.74 Å². The fourth-order valence-corrected chi connectivity index (χ4v) is 3.42. The van der Waals surface area contributed by atoms with E-state index < -0.39 is 5.41 Å². The van der Waals surface area contributed by atoms with Crippen molar-refractivity contribution >= 4 is 28.9 Å². The lowest BCUT2D eigenvalue weighted by Gasteiger charge is -2.32. The predicted octanol–water partition coefficient (Wildman–Crippen LogP) is 5.35. The SMILES string of the molecule is COc1c(C)cc(C2=C(OC(=O)C(C)(C)C)CC(C)(C)CC2=O)cc1Cl. The van der Waals surface area contributed by atoms with Crippen molar-refractivity contribution in [1.29, 1.82) is 0 Å². The first-order chi connectivity index (χ1) is 11.9. The van der Waals surface area contributed by atoms with Gasteiger partial charge in [-0.25, -0.2) is 0 Å². The van der Waals surface area contributed by atoms with Crippen LogP contribution in [0.1, 0.15) is 58.6 Å². The summed E-state index contributed by atoms with van der Waals surface area (Å²) in [4.78, 5) is 25.4. The molecule has 0 amide bonds. The van der Waals surface area contributed by atoms with Gasteiger partial charge in [0.05, 0.1) is 23.1 Å². The zero-order chi connectivity index (χ0) is 19.9. The number of methoxy groups -OCH3 is 1. The minimum absolute atomic E-state index is 0.0430. The number of esters is 1. The molecule has 4 nitrogen and oxygen atoms in total. The highest BCUT2D eigenvalue weighted by Crippen LogP contribution is 2.43. The van der Waals surface area contributed by atoms with E-state index in [0.717, 1.165) is 5.56 Å². The monoisotopic (exact) mass is 378 g/mol. The number of allylic oxidation sites excluding steroid dienone is 2. The van der Waals surface area contributed by atoms with Gasteiger partial charge in [0.2, 0.25) is 0 Å². The highest BCUT2D eigenvalue weighted by Gasteiger charge is 2.37. The maximum Gasteiger partial charge on any atom is 0.316 e. The Bertz CT molecular complexity index is 759. The molecule has 26 heavy (non-hydrogen) atoms. The Morgan fingerprint density at radius 3 is 2.31 bits per heavy atom. The number of Topliss-reactive ketones (excluding diaryl/α,β-unsaturated/α-hetero) is 1. The molecule has 1 aliphatic carbocycles. The number of rotatable bonds is 3. The van der Waals surface area contributed by atoms with Crippen LogP contribution >= 0.6 is 11.6 Å². The zero-order valence-electron chi connectivity index (χ0n) is 16.6. The lowest BCUT2D eigenvalue weighted by atomic mass is 9.75. The third-order valence-electron chi connectivity index (χ3n) is 4.39. The summed E-state index contributed by atoms with van der Waals surface area (Å²) in [5, 5.41) is 0.425. The number of benzene rings is 1. The molecule has 0 saturated heterocycles. The Morgan fingerprint density at radius 2 is 1.81 bits per heavy atom. The van der Waals surface area contributed by atoms with Crippen LogP contribution in [0.3, 0.4) is 0 Å². The van der Waals surface area contributed by atoms with Gasteiger partial charge in [-0.15, -0.1) is 0 Å². The number of hydrogen-bond donors (Lipinski definition) is 0. The minimum Gasteiger partial charge on any atom is -0.495 e. The van der Waals surface area contributed by atoms with Crippen LogP contribution in [0.15, 0.2) is 17.9 Å². The molecule has 0 fully saturated rings. The molecular weight excluding hydrogens is 352 g/mol. The van der Waals surface area contributed by atoms with Crippen LogP contribution in [-0.4, -0.2) is 18.9 Å². The molecule has 0 heterocycles. The third kappa shape index (κ3) is 4.29. The van der Waals surface area contributed by atoms with Gasteiger partial charge in [-0.05, 0) is 56.4 Å². The summed E-state index contributed by atoms with van der Waals surface area (Å²) in [7, 11) is 1.55. The second-order valence-electron chi connectivity index (χ2n) is 8.69. The van der Waals surface area contributed by atoms with Crippen molar-refractivity contribution in [2.24, 2.45) is 10.8 Å². The van der Waals surface area contributed by atoms with Crippen molar-refractivity contribution in [3.05, 3.63) is 34.0 Å². The van der Waals surface area contributed by atoms with Crippen LogP contribution in [0.25, 0.3) is 5.57 Å². The van der Waals surface area contributed by atoms with Crippen molar-refractivity contribution in [2.75, 3.05) is 7.11 Å². The summed E-state index contributed by atoms with van der Waals surface area (Å²) in [6, 6.07) is 3.55. The zero-order valence-corrected chi connectivity index (χ0v) is 17.3. The predicted molar refractivity (Wildman–Crippen MR) is 103 cm³/mol. The highest BCUT2D eigenvalue weighted by molar-refractivity contribution is 6.33. The summed E-state index contributed by atoms with van der Waals surface area (Å²) in [6.45, 7) is 11.2. The van der Waals surface area contributed by atoms with Gasteiger partial charge in [0.15, 0.2) is 5.78 Å². The van der Waals surface area contributed by atoms with E-state index in [4.69, 9.17) is 21.1 Å². The molecule has 1 aliphatic rings. The minimum atomic E-state index is -0.657. The second-order valence-corrected chi connectivity index (χ2v) is 9.09. The van der Waals surface area contributed by atoms with Crippen molar-refractivity contribution in [3.63, 3.8) is 0 Å². The van der Waals surface area contributed by atoms with Crippen molar-refractivity contribution in [3.8, 4) is 5.75 Å². The highest BCUT2D eigenvalue weighted by atomic mass is 35.5. The lowest BCUT2D eigenvalue weighted by Crippen LogP contribution is -2.30. The number of ketones is 1. The Balaban J connectivity index is 2.61. The molecule has 0 aromatic heterocycles. The Morgan fingerprint density at radius 1 is 1.19 bits per heavy atom. The largest absolute Gasteiger partial charge is 0.495 e. The van der Waals surface area contributed by atoms with E-state index >= 15 is 0 Å². The molecular formula is C21H27ClO4. The average Bonchev–Trinajstić information content (AvgIpc) is 2.44. The molecule has 0 N–H and O–H groups in total. The molecule has 1 aromatic carbocycles. The molecule has 1 aromatic rings. The standard InChI is InChI=1S/C21H27ClO4/c1-12-8-13(9-14(22)18(12)25-7)17-15(23)10-21(5,6)11-16(17)26-19(24)20(2,3)4/h8-9H,10-11H2,1-7H3. The van der Waals surface area contributed by atoms with Crippen LogP contribution in [0.4, 0.5) is 0 Å². The van der Waals surface area contributed by atoms with Gasteiger partial charge in [0.25, 0.3) is 0 Å². The van der Waals surface area contributed by atoms with Crippen LogP contribution in [0.5, 0.6) is 5.75 Å². The Labute approximate surface area is 160 Å². The maximum absolute atomic E-state index is 12.9. The van der Waals surface area contributed by atoms with Crippen LogP contribution in [0.2, 0.25) is 5.02 Å². The summed E-state index contributed by atoms with van der Waals surface area (Å²) in [5.41, 5.74) is 0.997. The third-order valence-corrected chi connectivity index (χ3v) is 4.67. The van der Waals surface area contributed by atoms with E-state index in [1.54, 1.807) is 33.9 Å². The molecule has 0 radical (unpaired) electrons. The molecule has 2 rings (SSSR count). The van der Waals surface area contributed by atoms with E-state index in [1.807, 2.05) is 26.8 Å². The molecule has 142 valence electrons. The van der Waals surface area contributed by atoms with E-state index in [-0.39, 0.29) is 17.2 Å². The molecule has 0 unspecified atom stereocenters. The van der Waals surface area contributed by atoms with Gasteiger partial charge in [-0.3, -0.25) is 9.59 Å². The first kappa shape index (κ1) is 20.5. The topological polar surface area (TPSA) is 52.6 Å². The number of ether oxygens (including phenoxy) is 2. The first-order valence-electron chi connectivity index (χ1n) is 8.69. The number of aryl methyl sites for hydroxylation is 1. The van der Waals surface area contributed by atoms with Gasteiger partial charge in [0, 0.05) is 12.8 Å². The van der Waals surface area contributed by atoms with Gasteiger partial charge in [0.1, 0.15) is 11.5 Å². The molecule has 5 heteroatoms. The lowest BCUT2D eigenvalue weighted by molar-refractivity contribution is -0.149. The van der Waals surface area contributed by atoms with E-state index in [2.05, 4.69) is 0 Å². The van der Waals surface area contributed by atoms with Gasteiger partial charge in [-0.2, -0.15) is 0 Å². The van der Waals surface area contributed by atoms with Gasteiger partial charge >= 0.3 is 5.97 Å². The van der Waals surface area contributed by atoms with Crippen LogP contribution in [-0.2, 0) is 14.3 Å². The van der Waals surface area contributed by atoms with Crippen molar-refractivity contribution < 1.29 is 19.1 Å². The summed E-state index contributed by atoms with van der Waals surface area (Å²) in [5.74, 6) is 0.602. The normalized spacial score (nSPS) is 17.3. The average molecular weight is 379 g/mol. The van der Waals surface area contributed by atoms with E-state index in [0.29, 0.717) is 40.5 Å². The molecule has 0 aliphatic heterocycles. The van der Waals surface area contributed by atoms with Gasteiger partial charge in [-0.1, -0.05) is 25.4 Å². The number of carbonyl (C=O) groups excluding carboxylic acids is 2. The summed E-state index contributed by atoms with van der Waals surface area (Å²) < 4.78 is 11.0. The second kappa shape index (κ2) is 7.07. The summed E-state index contributed by atoms with van der Waals surface area (Å²) in [6.07, 6.45) is 0.903. The smallest absolute Gasteiger partial charge is 0.316 e. The molecule has 0 bridgehead atoms. The molecule has 0 atom stereocenters. The van der Waals surface area contributed by atoms with Crippen molar-refractivity contribution in [2.45, 2.75) is 54.4 Å². The fourth-order valence-electron chi connectivity index (χ4n) is 3.07. The van der Waals surface area contributed by atoms with Crippen molar-refractivity contribution in [1.82, 2.24) is 0 Å². The number of carbonyl (C=O) groups is 2. The van der Waals surface area contributed by atoms with E-state index in [9.17, 15) is 9.59 Å². The summed E-state index contributed by atoms with van der Waals surface area (Å²) >= 11 is 6.32. The van der Waals surface area contributed by atoms with Gasteiger partial charge < -0.3 is 9.47 Å². The van der Waals surface area contributed by atoms with Crippen LogP contribution in [0, 0.1) is 17.8 Å². The Kier molecular flexibility index (Phi) is 5.57. The van der Waals surface area contributed by atoms with E-state index in [1.165, 1.54) is 0 Å². The number of hydrogen-bond acceptors (Lipinski definition) is 4. The number of halogens is 1. The first-order valence-corrected chi connectivity index (χ1v) is 9.06. The maximum atomic E-state index is 12.9.